The topological polar surface area (TPSA) is 41.1 Å². The zero-order chi connectivity index (χ0) is 11.4. The van der Waals surface area contributed by atoms with Gasteiger partial charge in [0.1, 0.15) is 0 Å². The molecule has 16 heavy (non-hydrogen) atoms. The molecule has 0 spiro atoms. The van der Waals surface area contributed by atoms with Crippen molar-refractivity contribution in [1.29, 1.82) is 0 Å². The molecule has 2 N–H and O–H groups in total. The molecule has 1 aromatic heterocycles. The molecule has 0 fully saturated rings. The number of aryl methyl sites for hydroxylation is 1. The molecular formula is C12H18N2OS. The van der Waals surface area contributed by atoms with Crippen LogP contribution in [0.3, 0.4) is 0 Å². The molecule has 2 rings (SSSR count). The van der Waals surface area contributed by atoms with Crippen LogP contribution in [0.25, 0.3) is 0 Å². The van der Waals surface area contributed by atoms with Gasteiger partial charge in [-0.05, 0) is 43.2 Å². The molecule has 0 aromatic carbocycles. The van der Waals surface area contributed by atoms with Gasteiger partial charge in [-0.1, -0.05) is 6.42 Å². The van der Waals surface area contributed by atoms with Crippen molar-refractivity contribution in [3.8, 4) is 0 Å². The van der Waals surface area contributed by atoms with Gasteiger partial charge in [0.2, 0.25) is 0 Å². The lowest BCUT2D eigenvalue weighted by Gasteiger charge is -2.17. The molecule has 1 aromatic rings. The molecule has 0 saturated heterocycles. The summed E-state index contributed by atoms with van der Waals surface area (Å²) in [6, 6.07) is 2.31. The van der Waals surface area contributed by atoms with Gasteiger partial charge in [0.25, 0.3) is 0 Å². The Morgan fingerprint density at radius 3 is 3.25 bits per heavy atom. The summed E-state index contributed by atoms with van der Waals surface area (Å²) >= 11 is 1.81. The van der Waals surface area contributed by atoms with Gasteiger partial charge in [0.15, 0.2) is 0 Å². The maximum absolute atomic E-state index is 11.5. The van der Waals surface area contributed by atoms with Crippen molar-refractivity contribution in [1.82, 2.24) is 10.6 Å². The average Bonchev–Trinajstić information content (AvgIpc) is 2.64. The molecule has 1 unspecified atom stereocenters. The Balaban J connectivity index is 2.07. The molecule has 88 valence electrons. The second-order valence-corrected chi connectivity index (χ2v) is 5.10. The van der Waals surface area contributed by atoms with Crippen LogP contribution in [0.15, 0.2) is 11.4 Å². The second-order valence-electron chi connectivity index (χ2n) is 4.10. The first-order valence-corrected chi connectivity index (χ1v) is 6.80. The number of urea groups is 1. The average molecular weight is 238 g/mol. The number of fused-ring (bicyclic) bond motifs is 1. The summed E-state index contributed by atoms with van der Waals surface area (Å²) in [6.07, 6.45) is 4.65. The highest BCUT2D eigenvalue weighted by atomic mass is 32.1. The third-order valence-electron chi connectivity index (χ3n) is 2.94. The minimum Gasteiger partial charge on any atom is -0.338 e. The predicted molar refractivity (Wildman–Crippen MR) is 66.8 cm³/mol. The van der Waals surface area contributed by atoms with Gasteiger partial charge in [-0.25, -0.2) is 4.79 Å². The van der Waals surface area contributed by atoms with E-state index in [1.807, 2.05) is 18.3 Å². The number of thiophene rings is 1. The molecular weight excluding hydrogens is 220 g/mol. The molecule has 1 heterocycles. The number of carbonyl (C=O) groups is 1. The Morgan fingerprint density at radius 2 is 2.44 bits per heavy atom. The fourth-order valence-corrected chi connectivity index (χ4v) is 3.16. The van der Waals surface area contributed by atoms with E-state index in [9.17, 15) is 4.79 Å². The van der Waals surface area contributed by atoms with Gasteiger partial charge in [-0.2, -0.15) is 0 Å². The summed E-state index contributed by atoms with van der Waals surface area (Å²) in [7, 11) is 0. The Bertz CT molecular complexity index is 362. The zero-order valence-electron chi connectivity index (χ0n) is 9.58. The van der Waals surface area contributed by atoms with E-state index in [-0.39, 0.29) is 12.1 Å². The number of amides is 2. The highest BCUT2D eigenvalue weighted by molar-refractivity contribution is 7.10. The predicted octanol–water partition coefficient (Wildman–Crippen LogP) is 2.83. The number of hydrogen-bond acceptors (Lipinski definition) is 2. The smallest absolute Gasteiger partial charge is 0.315 e. The van der Waals surface area contributed by atoms with E-state index in [0.29, 0.717) is 6.54 Å². The lowest BCUT2D eigenvalue weighted by atomic mass is 10.1. The van der Waals surface area contributed by atoms with Crippen LogP contribution in [0.5, 0.6) is 0 Å². The van der Waals surface area contributed by atoms with Crippen molar-refractivity contribution >= 4 is 17.4 Å². The number of nitrogens with one attached hydrogen (secondary N) is 2. The van der Waals surface area contributed by atoms with Crippen LogP contribution in [-0.2, 0) is 6.42 Å². The maximum Gasteiger partial charge on any atom is 0.315 e. The maximum atomic E-state index is 11.5. The van der Waals surface area contributed by atoms with Crippen molar-refractivity contribution in [2.75, 3.05) is 6.54 Å². The minimum atomic E-state index is -0.0495. The molecule has 0 bridgehead atoms. The van der Waals surface area contributed by atoms with Gasteiger partial charge in [-0.15, -0.1) is 11.3 Å². The Hall–Kier alpha value is -1.03. The fourth-order valence-electron chi connectivity index (χ4n) is 2.17. The Labute approximate surface area is 100 Å². The second kappa shape index (κ2) is 5.34. The highest BCUT2D eigenvalue weighted by Gasteiger charge is 2.20. The third kappa shape index (κ3) is 2.55. The normalized spacial score (nSPS) is 19.7. The standard InChI is InChI=1S/C12H18N2OS/c1-2-13-12(15)14-10-5-3-4-6-11-9(10)7-8-16-11/h7-8,10H,2-6H2,1H3,(H2,13,14,15). The number of rotatable bonds is 2. The molecule has 2 amide bonds. The molecule has 1 aliphatic rings. The largest absolute Gasteiger partial charge is 0.338 e. The van der Waals surface area contributed by atoms with E-state index in [1.54, 1.807) is 0 Å². The van der Waals surface area contributed by atoms with Crippen molar-refractivity contribution in [2.45, 2.75) is 38.6 Å². The quantitative estimate of drug-likeness (QED) is 0.764. The van der Waals surface area contributed by atoms with E-state index in [1.165, 1.54) is 29.7 Å². The summed E-state index contributed by atoms with van der Waals surface area (Å²) in [5, 5.41) is 7.98. The van der Waals surface area contributed by atoms with Crippen LogP contribution in [-0.4, -0.2) is 12.6 Å². The lowest BCUT2D eigenvalue weighted by Crippen LogP contribution is -2.37. The van der Waals surface area contributed by atoms with E-state index >= 15 is 0 Å². The first-order valence-electron chi connectivity index (χ1n) is 5.92. The van der Waals surface area contributed by atoms with Crippen molar-refractivity contribution in [2.24, 2.45) is 0 Å². The van der Waals surface area contributed by atoms with Crippen molar-refractivity contribution < 1.29 is 4.79 Å². The third-order valence-corrected chi connectivity index (χ3v) is 3.94. The van der Waals surface area contributed by atoms with Crippen LogP contribution >= 0.6 is 11.3 Å². The first kappa shape index (κ1) is 11.5. The monoisotopic (exact) mass is 238 g/mol. The zero-order valence-corrected chi connectivity index (χ0v) is 10.4. The molecule has 1 aliphatic carbocycles. The molecule has 4 heteroatoms. The summed E-state index contributed by atoms with van der Waals surface area (Å²) in [6.45, 7) is 2.61. The SMILES string of the molecule is CCNC(=O)NC1CCCCc2sccc21. The van der Waals surface area contributed by atoms with Gasteiger partial charge in [0.05, 0.1) is 6.04 Å². The minimum absolute atomic E-state index is 0.0495. The van der Waals surface area contributed by atoms with E-state index in [0.717, 1.165) is 6.42 Å². The van der Waals surface area contributed by atoms with Crippen LogP contribution < -0.4 is 10.6 Å². The first-order chi connectivity index (χ1) is 7.81. The summed E-state index contributed by atoms with van der Waals surface area (Å²) in [5.74, 6) is 0. The van der Waals surface area contributed by atoms with Crippen molar-refractivity contribution in [3.63, 3.8) is 0 Å². The number of carbonyl (C=O) groups excluding carboxylic acids is 1. The van der Waals surface area contributed by atoms with E-state index in [2.05, 4.69) is 22.1 Å². The van der Waals surface area contributed by atoms with Crippen LogP contribution in [0.2, 0.25) is 0 Å². The van der Waals surface area contributed by atoms with Gasteiger partial charge in [-0.3, -0.25) is 0 Å². The number of hydrogen-bond donors (Lipinski definition) is 2. The van der Waals surface area contributed by atoms with Crippen molar-refractivity contribution in [3.05, 3.63) is 21.9 Å². The Kier molecular flexibility index (Phi) is 3.83. The molecule has 0 aliphatic heterocycles. The Morgan fingerprint density at radius 1 is 1.56 bits per heavy atom. The highest BCUT2D eigenvalue weighted by Crippen LogP contribution is 2.31. The molecule has 0 saturated carbocycles. The van der Waals surface area contributed by atoms with Crippen LogP contribution in [0.4, 0.5) is 4.79 Å². The van der Waals surface area contributed by atoms with Gasteiger partial charge >= 0.3 is 6.03 Å². The van der Waals surface area contributed by atoms with Crippen LogP contribution in [0.1, 0.15) is 42.7 Å². The summed E-state index contributed by atoms with van der Waals surface area (Å²) in [4.78, 5) is 13.0. The molecule has 0 radical (unpaired) electrons. The summed E-state index contributed by atoms with van der Waals surface area (Å²) in [5.41, 5.74) is 1.33. The molecule has 1 atom stereocenters. The fraction of sp³-hybridized carbons (Fsp3) is 0.583. The van der Waals surface area contributed by atoms with Gasteiger partial charge < -0.3 is 10.6 Å². The summed E-state index contributed by atoms with van der Waals surface area (Å²) < 4.78 is 0. The van der Waals surface area contributed by atoms with Gasteiger partial charge in [0, 0.05) is 11.4 Å². The van der Waals surface area contributed by atoms with Crippen LogP contribution in [0, 0.1) is 0 Å². The van der Waals surface area contributed by atoms with E-state index < -0.39 is 0 Å². The molecule has 3 nitrogen and oxygen atoms in total. The van der Waals surface area contributed by atoms with E-state index in [4.69, 9.17) is 0 Å². The lowest BCUT2D eigenvalue weighted by molar-refractivity contribution is 0.237.